The lowest BCUT2D eigenvalue weighted by Gasteiger charge is -2.34. The van der Waals surface area contributed by atoms with Gasteiger partial charge in [-0.3, -0.25) is 4.84 Å². The maximum absolute atomic E-state index is 12.1. The van der Waals surface area contributed by atoms with Crippen LogP contribution in [0.3, 0.4) is 0 Å². The topological polar surface area (TPSA) is 67.9 Å². The van der Waals surface area contributed by atoms with Crippen LogP contribution in [0.4, 0.5) is 0 Å². The van der Waals surface area contributed by atoms with Gasteiger partial charge in [0.15, 0.2) is 0 Å². The number of morpholine rings is 1. The minimum absolute atomic E-state index is 0.0238. The summed E-state index contributed by atoms with van der Waals surface area (Å²) in [6, 6.07) is 0. The summed E-state index contributed by atoms with van der Waals surface area (Å²) in [6.07, 6.45) is 3.93. The zero-order valence-corrected chi connectivity index (χ0v) is 11.8. The lowest BCUT2D eigenvalue weighted by molar-refractivity contribution is -0.0480. The molecule has 1 aliphatic carbocycles. The van der Waals surface area contributed by atoms with Crippen molar-refractivity contribution < 1.29 is 18.0 Å². The van der Waals surface area contributed by atoms with E-state index in [4.69, 9.17) is 9.57 Å². The fourth-order valence-corrected chi connectivity index (χ4v) is 3.69. The van der Waals surface area contributed by atoms with Crippen LogP contribution < -0.4 is 4.89 Å². The molecule has 0 aromatic rings. The Morgan fingerprint density at radius 3 is 2.28 bits per heavy atom. The minimum Gasteiger partial charge on any atom is -0.373 e. The van der Waals surface area contributed by atoms with E-state index in [0.29, 0.717) is 13.1 Å². The molecule has 0 radical (unpaired) electrons. The third-order valence-corrected chi connectivity index (χ3v) is 4.63. The van der Waals surface area contributed by atoms with Gasteiger partial charge in [-0.2, -0.15) is 12.7 Å². The Kier molecular flexibility index (Phi) is 4.60. The van der Waals surface area contributed by atoms with Crippen molar-refractivity contribution in [2.45, 2.75) is 57.8 Å². The van der Waals surface area contributed by atoms with Gasteiger partial charge in [0.05, 0.1) is 18.3 Å². The van der Waals surface area contributed by atoms with Gasteiger partial charge in [0.2, 0.25) is 0 Å². The van der Waals surface area contributed by atoms with Gasteiger partial charge in [-0.05, 0) is 26.7 Å². The largest absolute Gasteiger partial charge is 0.373 e. The first-order valence-corrected chi connectivity index (χ1v) is 7.99. The molecule has 1 aliphatic heterocycles. The van der Waals surface area contributed by atoms with E-state index in [1.54, 1.807) is 0 Å². The lowest BCUT2D eigenvalue weighted by Crippen LogP contribution is -2.52. The van der Waals surface area contributed by atoms with Gasteiger partial charge in [-0.25, -0.2) is 0 Å². The summed E-state index contributed by atoms with van der Waals surface area (Å²) in [4.78, 5) is 7.53. The third kappa shape index (κ3) is 3.64. The maximum Gasteiger partial charge on any atom is 0.301 e. The Morgan fingerprint density at radius 1 is 1.17 bits per heavy atom. The summed E-state index contributed by atoms with van der Waals surface area (Å²) in [5, 5.41) is 0. The molecule has 2 aliphatic rings. The van der Waals surface area contributed by atoms with Gasteiger partial charge in [0.1, 0.15) is 0 Å². The predicted molar refractivity (Wildman–Crippen MR) is 67.0 cm³/mol. The summed E-state index contributed by atoms with van der Waals surface area (Å²) >= 11 is 0. The van der Waals surface area contributed by atoms with Crippen LogP contribution in [0, 0.1) is 0 Å². The standard InChI is InChI=1S/C11H22N2O4S/c1-9-7-13(8-10(2)16-9)18(14,15)12-17-11-5-3-4-6-11/h9-12H,3-8H2,1-2H3. The molecule has 1 saturated carbocycles. The molecule has 0 bridgehead atoms. The van der Waals surface area contributed by atoms with Crippen molar-refractivity contribution >= 4 is 10.2 Å². The summed E-state index contributed by atoms with van der Waals surface area (Å²) in [5.41, 5.74) is 0. The Labute approximate surface area is 109 Å². The first kappa shape index (κ1) is 14.2. The number of rotatable bonds is 4. The lowest BCUT2D eigenvalue weighted by atomic mass is 10.3. The number of hydrogen-bond acceptors (Lipinski definition) is 4. The summed E-state index contributed by atoms with van der Waals surface area (Å²) in [7, 11) is -3.56. The normalized spacial score (nSPS) is 31.9. The monoisotopic (exact) mass is 278 g/mol. The number of nitrogens with zero attached hydrogens (tertiary/aromatic N) is 1. The average Bonchev–Trinajstić information content (AvgIpc) is 2.78. The van der Waals surface area contributed by atoms with Crippen molar-refractivity contribution in [3.63, 3.8) is 0 Å². The molecule has 1 saturated heterocycles. The van der Waals surface area contributed by atoms with E-state index in [1.807, 2.05) is 13.8 Å². The third-order valence-electron chi connectivity index (χ3n) is 3.35. The van der Waals surface area contributed by atoms with Crippen LogP contribution >= 0.6 is 0 Å². The van der Waals surface area contributed by atoms with Crippen LogP contribution in [0.5, 0.6) is 0 Å². The highest BCUT2D eigenvalue weighted by atomic mass is 32.2. The SMILES string of the molecule is CC1CN(S(=O)(=O)NOC2CCCC2)CC(C)O1. The smallest absolute Gasteiger partial charge is 0.301 e. The fourth-order valence-electron chi connectivity index (χ4n) is 2.51. The van der Waals surface area contributed by atoms with Crippen LogP contribution in [0.1, 0.15) is 39.5 Å². The van der Waals surface area contributed by atoms with Crippen LogP contribution in [0.2, 0.25) is 0 Å². The van der Waals surface area contributed by atoms with Crippen molar-refractivity contribution in [1.29, 1.82) is 0 Å². The Morgan fingerprint density at radius 2 is 1.72 bits per heavy atom. The number of ether oxygens (including phenoxy) is 1. The molecule has 2 rings (SSSR count). The van der Waals surface area contributed by atoms with Crippen molar-refractivity contribution in [3.05, 3.63) is 0 Å². The van der Waals surface area contributed by atoms with Crippen molar-refractivity contribution in [2.75, 3.05) is 13.1 Å². The molecule has 2 atom stereocenters. The van der Waals surface area contributed by atoms with Crippen LogP contribution in [-0.4, -0.2) is 44.1 Å². The van der Waals surface area contributed by atoms with Crippen LogP contribution in [0.25, 0.3) is 0 Å². The van der Waals surface area contributed by atoms with Gasteiger partial charge in [-0.15, -0.1) is 0 Å². The highest BCUT2D eigenvalue weighted by molar-refractivity contribution is 7.87. The second kappa shape index (κ2) is 5.83. The molecule has 1 N–H and O–H groups in total. The van der Waals surface area contributed by atoms with Gasteiger partial charge in [0, 0.05) is 13.1 Å². The van der Waals surface area contributed by atoms with Crippen LogP contribution in [-0.2, 0) is 19.8 Å². The first-order valence-electron chi connectivity index (χ1n) is 6.55. The van der Waals surface area contributed by atoms with E-state index in [-0.39, 0.29) is 18.3 Å². The molecule has 2 unspecified atom stereocenters. The Bertz CT molecular complexity index is 357. The first-order chi connectivity index (χ1) is 8.47. The second-order valence-electron chi connectivity index (χ2n) is 5.19. The van der Waals surface area contributed by atoms with Gasteiger partial charge < -0.3 is 4.74 Å². The minimum atomic E-state index is -3.56. The molecule has 0 aromatic heterocycles. The molecule has 6 nitrogen and oxygen atoms in total. The molecule has 0 amide bonds. The quantitative estimate of drug-likeness (QED) is 0.773. The second-order valence-corrected chi connectivity index (χ2v) is 6.82. The zero-order chi connectivity index (χ0) is 13.2. The summed E-state index contributed by atoms with van der Waals surface area (Å²) in [6.45, 7) is 4.48. The Hall–Kier alpha value is -0.210. The van der Waals surface area contributed by atoms with Gasteiger partial charge in [0.25, 0.3) is 0 Å². The summed E-state index contributed by atoms with van der Waals surface area (Å²) in [5.74, 6) is 0. The molecule has 0 aromatic carbocycles. The predicted octanol–water partition coefficient (Wildman–Crippen LogP) is 0.804. The zero-order valence-electron chi connectivity index (χ0n) is 11.0. The molecule has 106 valence electrons. The van der Waals surface area contributed by atoms with E-state index < -0.39 is 10.2 Å². The van der Waals surface area contributed by atoms with E-state index in [0.717, 1.165) is 25.7 Å². The van der Waals surface area contributed by atoms with E-state index in [1.165, 1.54) is 4.31 Å². The van der Waals surface area contributed by atoms with Crippen molar-refractivity contribution in [2.24, 2.45) is 0 Å². The van der Waals surface area contributed by atoms with Gasteiger partial charge in [-0.1, -0.05) is 17.7 Å². The number of hydrogen-bond donors (Lipinski definition) is 1. The van der Waals surface area contributed by atoms with E-state index >= 15 is 0 Å². The maximum atomic E-state index is 12.1. The molecule has 2 fully saturated rings. The highest BCUT2D eigenvalue weighted by Gasteiger charge is 2.31. The van der Waals surface area contributed by atoms with Crippen molar-refractivity contribution in [3.8, 4) is 0 Å². The molecular weight excluding hydrogens is 256 g/mol. The molecular formula is C11H22N2O4S. The van der Waals surface area contributed by atoms with Crippen LogP contribution in [0.15, 0.2) is 0 Å². The fraction of sp³-hybridized carbons (Fsp3) is 1.00. The average molecular weight is 278 g/mol. The highest BCUT2D eigenvalue weighted by Crippen LogP contribution is 2.20. The molecule has 1 heterocycles. The van der Waals surface area contributed by atoms with E-state index in [9.17, 15) is 8.42 Å². The number of nitrogens with one attached hydrogen (secondary N) is 1. The molecule has 18 heavy (non-hydrogen) atoms. The van der Waals surface area contributed by atoms with Gasteiger partial charge >= 0.3 is 10.2 Å². The van der Waals surface area contributed by atoms with E-state index in [2.05, 4.69) is 4.89 Å². The molecule has 0 spiro atoms. The summed E-state index contributed by atoms with van der Waals surface area (Å²) < 4.78 is 31.0. The van der Waals surface area contributed by atoms with Crippen molar-refractivity contribution in [1.82, 2.24) is 9.19 Å². The Balaban J connectivity index is 1.88. The molecule has 7 heteroatoms.